The van der Waals surface area contributed by atoms with Crippen LogP contribution in [-0.4, -0.2) is 0 Å². The predicted octanol–water partition coefficient (Wildman–Crippen LogP) is 3.76. The van der Waals surface area contributed by atoms with Gasteiger partial charge in [-0.1, -0.05) is 36.2 Å². The molecule has 1 aromatic carbocycles. The Balaban J connectivity index is 3.00. The molecule has 0 saturated carbocycles. The lowest BCUT2D eigenvalue weighted by Gasteiger charge is -2.03. The van der Waals surface area contributed by atoms with Crippen molar-refractivity contribution in [1.29, 1.82) is 0 Å². The average molecular weight is 188 g/mol. The standard InChI is InChI=1S/C9H9Cl2/c1-2-4-7-8(10)5-3-6-9(7)11/h3,5-6H,1-2,4H2. The van der Waals surface area contributed by atoms with Gasteiger partial charge in [-0.15, -0.1) is 0 Å². The van der Waals surface area contributed by atoms with Crippen LogP contribution in [0.5, 0.6) is 0 Å². The predicted molar refractivity (Wildman–Crippen MR) is 50.1 cm³/mol. The van der Waals surface area contributed by atoms with Gasteiger partial charge in [-0.05, 0) is 30.5 Å². The molecular weight excluding hydrogens is 179 g/mol. The first kappa shape index (κ1) is 8.89. The molecule has 0 fully saturated rings. The van der Waals surface area contributed by atoms with Crippen molar-refractivity contribution in [2.75, 3.05) is 0 Å². The van der Waals surface area contributed by atoms with Gasteiger partial charge in [0.05, 0.1) is 0 Å². The zero-order valence-electron chi connectivity index (χ0n) is 6.11. The molecule has 0 unspecified atom stereocenters. The zero-order chi connectivity index (χ0) is 8.27. The molecule has 1 rings (SSSR count). The fraction of sp³-hybridized carbons (Fsp3) is 0.222. The molecule has 11 heavy (non-hydrogen) atoms. The van der Waals surface area contributed by atoms with Crippen LogP contribution in [0.4, 0.5) is 0 Å². The summed E-state index contributed by atoms with van der Waals surface area (Å²) in [6, 6.07) is 5.54. The van der Waals surface area contributed by atoms with Gasteiger partial charge >= 0.3 is 0 Å². The van der Waals surface area contributed by atoms with E-state index in [-0.39, 0.29) is 0 Å². The van der Waals surface area contributed by atoms with Crippen LogP contribution in [0, 0.1) is 6.92 Å². The summed E-state index contributed by atoms with van der Waals surface area (Å²) in [5.41, 5.74) is 1.01. The van der Waals surface area contributed by atoms with E-state index in [2.05, 4.69) is 6.92 Å². The molecule has 0 aliphatic heterocycles. The van der Waals surface area contributed by atoms with Crippen molar-refractivity contribution in [3.05, 3.63) is 40.7 Å². The molecule has 1 aromatic rings. The van der Waals surface area contributed by atoms with Crippen LogP contribution in [0.25, 0.3) is 0 Å². The first-order chi connectivity index (χ1) is 5.25. The van der Waals surface area contributed by atoms with Crippen LogP contribution in [0.3, 0.4) is 0 Å². The van der Waals surface area contributed by atoms with Crippen molar-refractivity contribution in [2.45, 2.75) is 12.8 Å². The Bertz CT molecular complexity index is 223. The number of rotatable bonds is 2. The van der Waals surface area contributed by atoms with Gasteiger partial charge < -0.3 is 0 Å². The second-order valence-electron chi connectivity index (χ2n) is 2.30. The third-order valence-corrected chi connectivity index (χ3v) is 2.20. The summed E-state index contributed by atoms with van der Waals surface area (Å²) in [6.45, 7) is 3.75. The van der Waals surface area contributed by atoms with E-state index < -0.39 is 0 Å². The first-order valence-corrected chi connectivity index (χ1v) is 4.23. The molecule has 0 nitrogen and oxygen atoms in total. The first-order valence-electron chi connectivity index (χ1n) is 3.48. The Hall–Kier alpha value is -0.200. The minimum absolute atomic E-state index is 0.737. The third-order valence-electron chi connectivity index (χ3n) is 1.49. The van der Waals surface area contributed by atoms with Gasteiger partial charge in [-0.2, -0.15) is 0 Å². The molecule has 0 atom stereocenters. The van der Waals surface area contributed by atoms with Crippen molar-refractivity contribution < 1.29 is 0 Å². The normalized spacial score (nSPS) is 10.1. The molecule has 0 bridgehead atoms. The summed E-state index contributed by atoms with van der Waals surface area (Å²) in [7, 11) is 0. The molecule has 0 spiro atoms. The highest BCUT2D eigenvalue weighted by atomic mass is 35.5. The third kappa shape index (κ3) is 2.11. The monoisotopic (exact) mass is 187 g/mol. The minimum Gasteiger partial charge on any atom is -0.0840 e. The lowest BCUT2D eigenvalue weighted by Crippen LogP contribution is -1.85. The van der Waals surface area contributed by atoms with Gasteiger partial charge in [0.15, 0.2) is 0 Å². The van der Waals surface area contributed by atoms with E-state index in [0.717, 1.165) is 28.5 Å². The zero-order valence-corrected chi connectivity index (χ0v) is 7.62. The van der Waals surface area contributed by atoms with E-state index in [9.17, 15) is 0 Å². The van der Waals surface area contributed by atoms with Gasteiger partial charge in [0.25, 0.3) is 0 Å². The Labute approximate surface area is 77.1 Å². The summed E-state index contributed by atoms with van der Waals surface area (Å²) in [4.78, 5) is 0. The summed E-state index contributed by atoms with van der Waals surface area (Å²) in [5.74, 6) is 0. The smallest absolute Gasteiger partial charge is 0.0452 e. The molecule has 59 valence electrons. The lowest BCUT2D eigenvalue weighted by molar-refractivity contribution is 1.000. The minimum atomic E-state index is 0.737. The van der Waals surface area contributed by atoms with Gasteiger partial charge in [0, 0.05) is 10.0 Å². The van der Waals surface area contributed by atoms with Crippen LogP contribution < -0.4 is 0 Å². The number of hydrogen-bond donors (Lipinski definition) is 0. The molecule has 0 N–H and O–H groups in total. The van der Waals surface area contributed by atoms with Gasteiger partial charge in [-0.25, -0.2) is 0 Å². The van der Waals surface area contributed by atoms with E-state index in [1.807, 2.05) is 18.2 Å². The second kappa shape index (κ2) is 3.99. The van der Waals surface area contributed by atoms with E-state index in [4.69, 9.17) is 23.2 Å². The summed E-state index contributed by atoms with van der Waals surface area (Å²) in [6.07, 6.45) is 1.67. The maximum atomic E-state index is 5.90. The molecule has 0 amide bonds. The van der Waals surface area contributed by atoms with Crippen molar-refractivity contribution in [1.82, 2.24) is 0 Å². The molecule has 0 saturated heterocycles. The Morgan fingerprint density at radius 2 is 1.73 bits per heavy atom. The maximum absolute atomic E-state index is 5.90. The summed E-state index contributed by atoms with van der Waals surface area (Å²) in [5, 5.41) is 1.47. The average Bonchev–Trinajstić information content (AvgIpc) is 1.97. The summed E-state index contributed by atoms with van der Waals surface area (Å²) >= 11 is 11.8. The topological polar surface area (TPSA) is 0 Å². The number of benzene rings is 1. The van der Waals surface area contributed by atoms with E-state index >= 15 is 0 Å². The fourth-order valence-electron chi connectivity index (χ4n) is 0.948. The molecule has 0 aromatic heterocycles. The largest absolute Gasteiger partial charge is 0.0840 e. The molecule has 0 heterocycles. The number of halogens is 2. The van der Waals surface area contributed by atoms with Crippen LogP contribution in [-0.2, 0) is 6.42 Å². The van der Waals surface area contributed by atoms with Crippen LogP contribution in [0.1, 0.15) is 12.0 Å². The van der Waals surface area contributed by atoms with Crippen molar-refractivity contribution in [2.24, 2.45) is 0 Å². The van der Waals surface area contributed by atoms with Crippen molar-refractivity contribution in [3.63, 3.8) is 0 Å². The fourth-order valence-corrected chi connectivity index (χ4v) is 1.53. The molecule has 0 aliphatic carbocycles. The van der Waals surface area contributed by atoms with Gasteiger partial charge in [-0.3, -0.25) is 0 Å². The van der Waals surface area contributed by atoms with Crippen LogP contribution >= 0.6 is 23.2 Å². The summed E-state index contributed by atoms with van der Waals surface area (Å²) < 4.78 is 0. The van der Waals surface area contributed by atoms with Crippen LogP contribution in [0.15, 0.2) is 18.2 Å². The van der Waals surface area contributed by atoms with E-state index in [1.165, 1.54) is 0 Å². The molecule has 2 heteroatoms. The highest BCUT2D eigenvalue weighted by Crippen LogP contribution is 2.24. The Morgan fingerprint density at radius 1 is 1.18 bits per heavy atom. The van der Waals surface area contributed by atoms with E-state index in [0.29, 0.717) is 0 Å². The maximum Gasteiger partial charge on any atom is 0.0452 e. The highest BCUT2D eigenvalue weighted by molar-refractivity contribution is 6.35. The Kier molecular flexibility index (Phi) is 3.22. The number of hydrogen-bond acceptors (Lipinski definition) is 0. The quantitative estimate of drug-likeness (QED) is 0.662. The van der Waals surface area contributed by atoms with E-state index in [1.54, 1.807) is 0 Å². The molecular formula is C9H9Cl2. The Morgan fingerprint density at radius 3 is 2.18 bits per heavy atom. The highest BCUT2D eigenvalue weighted by Gasteiger charge is 2.02. The van der Waals surface area contributed by atoms with Crippen LogP contribution in [0.2, 0.25) is 10.0 Å². The molecule has 1 radical (unpaired) electrons. The SMILES string of the molecule is [CH2]CCc1c(Cl)cccc1Cl. The van der Waals surface area contributed by atoms with Crippen molar-refractivity contribution >= 4 is 23.2 Å². The van der Waals surface area contributed by atoms with Gasteiger partial charge in [0.1, 0.15) is 0 Å². The van der Waals surface area contributed by atoms with Crippen molar-refractivity contribution in [3.8, 4) is 0 Å². The lowest BCUT2D eigenvalue weighted by atomic mass is 10.1. The second-order valence-corrected chi connectivity index (χ2v) is 3.12. The molecule has 0 aliphatic rings. The van der Waals surface area contributed by atoms with Gasteiger partial charge in [0.2, 0.25) is 0 Å².